The number of hydrogen-bond donors (Lipinski definition) is 1. The van der Waals surface area contributed by atoms with E-state index in [1.807, 2.05) is 24.3 Å². The molecule has 0 bridgehead atoms. The lowest BCUT2D eigenvalue weighted by atomic mass is 9.97. The Hall–Kier alpha value is -2.65. The van der Waals surface area contributed by atoms with Crippen molar-refractivity contribution in [2.45, 2.75) is 24.7 Å². The van der Waals surface area contributed by atoms with Gasteiger partial charge in [-0.25, -0.2) is 17.1 Å². The number of nitrogens with one attached hydrogen (secondary N) is 1. The van der Waals surface area contributed by atoms with Crippen molar-refractivity contribution in [2.75, 3.05) is 26.2 Å². The highest BCUT2D eigenvalue weighted by atomic mass is 32.2. The standard InChI is InChI=1S/C22H25FN2O5S/c23-19-6-2-1-5-17(19)15-31(27,28)25-11-9-16(10-12-25)22(26)24-13-18-14-29-20-7-3-4-8-21(20)30-18/h1-8,16,18H,9-15H2,(H,24,26)/t18-/m1/s1. The number of hydrogen-bond acceptors (Lipinski definition) is 5. The SMILES string of the molecule is O=C(NC[C@@H]1COc2ccccc2O1)C1CCN(S(=O)(=O)Cc2ccccc2F)CC1. The first-order chi connectivity index (χ1) is 14.9. The second-order valence-corrected chi connectivity index (χ2v) is 9.73. The number of fused-ring (bicyclic) bond motifs is 1. The lowest BCUT2D eigenvalue weighted by Gasteiger charge is -2.31. The number of benzene rings is 2. The molecular weight excluding hydrogens is 423 g/mol. The van der Waals surface area contributed by atoms with Gasteiger partial charge in [-0.2, -0.15) is 0 Å². The van der Waals surface area contributed by atoms with E-state index in [0.717, 1.165) is 0 Å². The van der Waals surface area contributed by atoms with Crippen molar-refractivity contribution in [2.24, 2.45) is 5.92 Å². The van der Waals surface area contributed by atoms with Crippen LogP contribution in [0.15, 0.2) is 48.5 Å². The van der Waals surface area contributed by atoms with Crippen LogP contribution < -0.4 is 14.8 Å². The summed E-state index contributed by atoms with van der Waals surface area (Å²) >= 11 is 0. The molecule has 9 heteroatoms. The molecule has 0 unspecified atom stereocenters. The third-order valence-electron chi connectivity index (χ3n) is 5.59. The molecule has 1 fully saturated rings. The summed E-state index contributed by atoms with van der Waals surface area (Å²) in [7, 11) is -3.64. The quantitative estimate of drug-likeness (QED) is 0.733. The van der Waals surface area contributed by atoms with Gasteiger partial charge in [0.15, 0.2) is 11.5 Å². The van der Waals surface area contributed by atoms with Crippen LogP contribution in [0.3, 0.4) is 0 Å². The molecule has 1 atom stereocenters. The molecule has 1 amide bonds. The number of piperidine rings is 1. The van der Waals surface area contributed by atoms with Crippen LogP contribution in [0.5, 0.6) is 11.5 Å². The molecule has 166 valence electrons. The van der Waals surface area contributed by atoms with Gasteiger partial charge in [0.05, 0.1) is 12.3 Å². The van der Waals surface area contributed by atoms with Gasteiger partial charge in [0, 0.05) is 24.6 Å². The molecule has 7 nitrogen and oxygen atoms in total. The van der Waals surface area contributed by atoms with E-state index in [9.17, 15) is 17.6 Å². The van der Waals surface area contributed by atoms with Crippen LogP contribution in [0.2, 0.25) is 0 Å². The van der Waals surface area contributed by atoms with E-state index >= 15 is 0 Å². The van der Waals surface area contributed by atoms with Gasteiger partial charge in [0.1, 0.15) is 18.5 Å². The van der Waals surface area contributed by atoms with E-state index < -0.39 is 15.8 Å². The van der Waals surface area contributed by atoms with Crippen LogP contribution in [0.25, 0.3) is 0 Å². The number of carbonyl (C=O) groups excluding carboxylic acids is 1. The average Bonchev–Trinajstić information content (AvgIpc) is 2.79. The van der Waals surface area contributed by atoms with Crippen molar-refractivity contribution in [1.82, 2.24) is 9.62 Å². The maximum absolute atomic E-state index is 13.8. The minimum Gasteiger partial charge on any atom is -0.486 e. The largest absolute Gasteiger partial charge is 0.486 e. The van der Waals surface area contributed by atoms with Crippen molar-refractivity contribution < 1.29 is 27.1 Å². The number of carbonyl (C=O) groups is 1. The Bertz CT molecular complexity index is 1040. The number of ether oxygens (including phenoxy) is 2. The lowest BCUT2D eigenvalue weighted by molar-refractivity contribution is -0.126. The van der Waals surface area contributed by atoms with E-state index in [2.05, 4.69) is 5.32 Å². The molecule has 2 aromatic carbocycles. The van der Waals surface area contributed by atoms with Gasteiger partial charge in [-0.05, 0) is 31.0 Å². The Kier molecular flexibility index (Phi) is 6.43. The molecule has 0 saturated carbocycles. The monoisotopic (exact) mass is 448 g/mol. The maximum Gasteiger partial charge on any atom is 0.223 e. The topological polar surface area (TPSA) is 84.9 Å². The summed E-state index contributed by atoms with van der Waals surface area (Å²) in [5, 5.41) is 2.89. The fourth-order valence-corrected chi connectivity index (χ4v) is 5.40. The maximum atomic E-state index is 13.8. The number of rotatable bonds is 6. The molecule has 31 heavy (non-hydrogen) atoms. The third kappa shape index (κ3) is 5.16. The molecule has 4 rings (SSSR count). The second-order valence-electron chi connectivity index (χ2n) is 7.76. The third-order valence-corrected chi connectivity index (χ3v) is 7.41. The van der Waals surface area contributed by atoms with Crippen LogP contribution >= 0.6 is 0 Å². The molecule has 0 radical (unpaired) electrons. The van der Waals surface area contributed by atoms with Gasteiger partial charge in [-0.3, -0.25) is 4.79 Å². The van der Waals surface area contributed by atoms with Crippen molar-refractivity contribution in [3.8, 4) is 11.5 Å². The Morgan fingerprint density at radius 1 is 1.06 bits per heavy atom. The smallest absolute Gasteiger partial charge is 0.223 e. The van der Waals surface area contributed by atoms with Crippen molar-refractivity contribution in [1.29, 1.82) is 0 Å². The molecule has 2 aromatic rings. The molecular formula is C22H25FN2O5S. The van der Waals surface area contributed by atoms with Crippen LogP contribution in [0, 0.1) is 11.7 Å². The predicted octanol–water partition coefficient (Wildman–Crippen LogP) is 2.32. The summed E-state index contributed by atoms with van der Waals surface area (Å²) in [6.07, 6.45) is 0.570. The zero-order valence-electron chi connectivity index (χ0n) is 17.0. The van der Waals surface area contributed by atoms with Gasteiger partial charge in [-0.15, -0.1) is 0 Å². The number of para-hydroxylation sites is 2. The summed E-state index contributed by atoms with van der Waals surface area (Å²) in [4.78, 5) is 12.6. The Balaban J connectivity index is 1.25. The minimum absolute atomic E-state index is 0.117. The Morgan fingerprint density at radius 2 is 1.74 bits per heavy atom. The first-order valence-electron chi connectivity index (χ1n) is 10.3. The fraction of sp³-hybridized carbons (Fsp3) is 0.409. The number of amides is 1. The molecule has 0 aromatic heterocycles. The average molecular weight is 449 g/mol. The Labute approximate surface area is 181 Å². The fourth-order valence-electron chi connectivity index (χ4n) is 3.82. The lowest BCUT2D eigenvalue weighted by Crippen LogP contribution is -2.46. The van der Waals surface area contributed by atoms with E-state index in [0.29, 0.717) is 37.5 Å². The summed E-state index contributed by atoms with van der Waals surface area (Å²) < 4.78 is 51.9. The second kappa shape index (κ2) is 9.23. The van der Waals surface area contributed by atoms with Crippen LogP contribution in [0.4, 0.5) is 4.39 Å². The van der Waals surface area contributed by atoms with E-state index in [1.165, 1.54) is 22.5 Å². The molecule has 1 N–H and O–H groups in total. The van der Waals surface area contributed by atoms with Gasteiger partial charge < -0.3 is 14.8 Å². The van der Waals surface area contributed by atoms with E-state index in [-0.39, 0.29) is 42.3 Å². The normalized spacial score (nSPS) is 19.7. The van der Waals surface area contributed by atoms with Crippen LogP contribution in [0.1, 0.15) is 18.4 Å². The van der Waals surface area contributed by atoms with Crippen molar-refractivity contribution in [3.05, 3.63) is 59.9 Å². The van der Waals surface area contributed by atoms with Gasteiger partial charge >= 0.3 is 0 Å². The molecule has 2 heterocycles. The molecule has 2 aliphatic heterocycles. The first kappa shape index (κ1) is 21.6. The summed E-state index contributed by atoms with van der Waals surface area (Å²) in [6.45, 7) is 1.15. The number of sulfonamides is 1. The van der Waals surface area contributed by atoms with Gasteiger partial charge in [0.2, 0.25) is 15.9 Å². The molecule has 1 saturated heterocycles. The summed E-state index contributed by atoms with van der Waals surface area (Å²) in [6, 6.07) is 13.2. The molecule has 0 aliphatic carbocycles. The minimum atomic E-state index is -3.64. The Morgan fingerprint density at radius 3 is 2.48 bits per heavy atom. The van der Waals surface area contributed by atoms with Gasteiger partial charge in [-0.1, -0.05) is 30.3 Å². The van der Waals surface area contributed by atoms with Crippen LogP contribution in [-0.4, -0.2) is 51.0 Å². The molecule has 2 aliphatic rings. The molecule has 0 spiro atoms. The zero-order valence-corrected chi connectivity index (χ0v) is 17.8. The van der Waals surface area contributed by atoms with Crippen molar-refractivity contribution in [3.63, 3.8) is 0 Å². The first-order valence-corrected chi connectivity index (χ1v) is 11.9. The van der Waals surface area contributed by atoms with Gasteiger partial charge in [0.25, 0.3) is 0 Å². The number of nitrogens with zero attached hydrogens (tertiary/aromatic N) is 1. The van der Waals surface area contributed by atoms with E-state index in [4.69, 9.17) is 9.47 Å². The summed E-state index contributed by atoms with van der Waals surface area (Å²) in [5.41, 5.74) is 0.152. The predicted molar refractivity (Wildman–Crippen MR) is 113 cm³/mol. The van der Waals surface area contributed by atoms with E-state index in [1.54, 1.807) is 6.07 Å². The van der Waals surface area contributed by atoms with Crippen LogP contribution in [-0.2, 0) is 20.6 Å². The highest BCUT2D eigenvalue weighted by Gasteiger charge is 2.32. The zero-order chi connectivity index (χ0) is 21.8. The highest BCUT2D eigenvalue weighted by molar-refractivity contribution is 7.88. The summed E-state index contributed by atoms with van der Waals surface area (Å²) in [5.74, 6) is 0.0504. The van der Waals surface area contributed by atoms with Crippen molar-refractivity contribution >= 4 is 15.9 Å². The number of halogens is 1. The highest BCUT2D eigenvalue weighted by Crippen LogP contribution is 2.30.